The van der Waals surface area contributed by atoms with Crippen LogP contribution in [0.25, 0.3) is 0 Å². The van der Waals surface area contributed by atoms with E-state index in [2.05, 4.69) is 5.32 Å². The van der Waals surface area contributed by atoms with E-state index < -0.39 is 24.2 Å². The van der Waals surface area contributed by atoms with Crippen LogP contribution in [-0.2, 0) is 21.2 Å². The van der Waals surface area contributed by atoms with Gasteiger partial charge in [-0.2, -0.15) is 13.2 Å². The Bertz CT molecular complexity index is 870. The molecule has 0 saturated carbocycles. The van der Waals surface area contributed by atoms with Gasteiger partial charge in [-0.15, -0.1) is 0 Å². The number of carbonyl (C=O) groups excluding carboxylic acids is 2. The normalized spacial score (nSPS) is 11.8. The van der Waals surface area contributed by atoms with E-state index in [9.17, 15) is 22.8 Å². The summed E-state index contributed by atoms with van der Waals surface area (Å²) in [4.78, 5) is 25.9. The van der Waals surface area contributed by atoms with Gasteiger partial charge in [0.1, 0.15) is 6.54 Å². The Morgan fingerprint density at radius 3 is 2.00 bits per heavy atom. The highest BCUT2D eigenvalue weighted by Gasteiger charge is 2.34. The third-order valence-corrected chi connectivity index (χ3v) is 4.19. The quantitative estimate of drug-likeness (QED) is 0.797. The third kappa shape index (κ3) is 5.12. The van der Waals surface area contributed by atoms with Crippen LogP contribution in [0.4, 0.5) is 24.5 Å². The molecule has 0 atom stereocenters. The van der Waals surface area contributed by atoms with E-state index >= 15 is 0 Å². The maximum atomic E-state index is 13.1. The monoisotopic (exact) mass is 392 g/mol. The molecule has 0 aliphatic heterocycles. The second-order valence-corrected chi connectivity index (χ2v) is 7.46. The molecule has 0 aromatic heterocycles. The molecule has 2 amide bonds. The van der Waals surface area contributed by atoms with Gasteiger partial charge < -0.3 is 10.2 Å². The molecule has 0 radical (unpaired) electrons. The fourth-order valence-electron chi connectivity index (χ4n) is 2.88. The van der Waals surface area contributed by atoms with Gasteiger partial charge in [0.05, 0.1) is 11.3 Å². The van der Waals surface area contributed by atoms with Crippen molar-refractivity contribution in [3.8, 4) is 0 Å². The van der Waals surface area contributed by atoms with Gasteiger partial charge in [0, 0.05) is 12.6 Å². The summed E-state index contributed by atoms with van der Waals surface area (Å²) in [6, 6.07) is 11.9. The van der Waals surface area contributed by atoms with E-state index in [0.717, 1.165) is 11.6 Å². The summed E-state index contributed by atoms with van der Waals surface area (Å²) >= 11 is 0. The number of halogens is 3. The van der Waals surface area contributed by atoms with Crippen molar-refractivity contribution in [2.45, 2.75) is 39.3 Å². The number of amides is 2. The Morgan fingerprint density at radius 1 is 0.929 bits per heavy atom. The molecule has 2 aromatic rings. The van der Waals surface area contributed by atoms with Crippen LogP contribution in [0.2, 0.25) is 0 Å². The fourth-order valence-corrected chi connectivity index (χ4v) is 2.88. The average Bonchev–Trinajstić information content (AvgIpc) is 2.58. The number of carbonyl (C=O) groups is 2. The maximum absolute atomic E-state index is 13.1. The minimum Gasteiger partial charge on any atom is -0.324 e. The highest BCUT2D eigenvalue weighted by Crippen LogP contribution is 2.35. The second kappa shape index (κ2) is 8.04. The first-order chi connectivity index (χ1) is 12.9. The number of alkyl halides is 3. The molecule has 28 heavy (non-hydrogen) atoms. The molecule has 0 aliphatic rings. The van der Waals surface area contributed by atoms with E-state index in [4.69, 9.17) is 0 Å². The molecule has 4 nitrogen and oxygen atoms in total. The largest absolute Gasteiger partial charge is 0.418 e. The molecule has 0 spiro atoms. The highest BCUT2D eigenvalue weighted by molar-refractivity contribution is 6.02. The van der Waals surface area contributed by atoms with Crippen LogP contribution in [0.3, 0.4) is 0 Å². The molecule has 0 unspecified atom stereocenters. The summed E-state index contributed by atoms with van der Waals surface area (Å²) in [5, 5.41) is 2.28. The zero-order chi connectivity index (χ0) is 21.1. The number of benzene rings is 2. The molecule has 0 bridgehead atoms. The Morgan fingerprint density at radius 2 is 1.46 bits per heavy atom. The molecule has 150 valence electrons. The van der Waals surface area contributed by atoms with Crippen molar-refractivity contribution in [1.29, 1.82) is 0 Å². The lowest BCUT2D eigenvalue weighted by atomic mass is 9.85. The summed E-state index contributed by atoms with van der Waals surface area (Å²) in [5.41, 5.74) is -0.153. The lowest BCUT2D eigenvalue weighted by Crippen LogP contribution is -2.38. The van der Waals surface area contributed by atoms with Crippen molar-refractivity contribution in [2.75, 3.05) is 16.8 Å². The second-order valence-electron chi connectivity index (χ2n) is 7.46. The number of hydrogen-bond acceptors (Lipinski definition) is 2. The smallest absolute Gasteiger partial charge is 0.324 e. The highest BCUT2D eigenvalue weighted by atomic mass is 19.4. The molecule has 7 heteroatoms. The van der Waals surface area contributed by atoms with Gasteiger partial charge in [-0.3, -0.25) is 9.59 Å². The van der Waals surface area contributed by atoms with Crippen molar-refractivity contribution in [1.82, 2.24) is 0 Å². The standard InChI is InChI=1S/C21H23F3N2O2/c1-14(27)26(18-12-8-6-10-16(18)20(2,3)4)13-19(28)25-17-11-7-5-9-15(17)21(22,23)24/h5-12H,13H2,1-4H3,(H,25,28). The zero-order valence-corrected chi connectivity index (χ0v) is 16.2. The topological polar surface area (TPSA) is 49.4 Å². The fraction of sp³-hybridized carbons (Fsp3) is 0.333. The SMILES string of the molecule is CC(=O)N(CC(=O)Nc1ccccc1C(F)(F)F)c1ccccc1C(C)(C)C. The van der Waals surface area contributed by atoms with Crippen LogP contribution in [0.5, 0.6) is 0 Å². The maximum Gasteiger partial charge on any atom is 0.418 e. The van der Waals surface area contributed by atoms with Crippen LogP contribution in [0.15, 0.2) is 48.5 Å². The molecule has 0 fully saturated rings. The number of para-hydroxylation sites is 2. The van der Waals surface area contributed by atoms with Crippen LogP contribution in [-0.4, -0.2) is 18.4 Å². The number of rotatable bonds is 4. The molecular weight excluding hydrogens is 369 g/mol. The molecule has 0 heterocycles. The van der Waals surface area contributed by atoms with Crippen molar-refractivity contribution in [3.63, 3.8) is 0 Å². The molecule has 0 aliphatic carbocycles. The summed E-state index contributed by atoms with van der Waals surface area (Å²) in [5.74, 6) is -1.09. The van der Waals surface area contributed by atoms with E-state index in [1.807, 2.05) is 32.9 Å². The molecule has 0 saturated heterocycles. The Labute approximate surface area is 162 Å². The average molecular weight is 392 g/mol. The Hall–Kier alpha value is -2.83. The molecule has 2 rings (SSSR count). The van der Waals surface area contributed by atoms with Gasteiger partial charge >= 0.3 is 6.18 Å². The molecular formula is C21H23F3N2O2. The first kappa shape index (κ1) is 21.5. The van der Waals surface area contributed by atoms with Crippen LogP contribution >= 0.6 is 0 Å². The van der Waals surface area contributed by atoms with Gasteiger partial charge in [-0.25, -0.2) is 0 Å². The Balaban J connectivity index is 2.31. The first-order valence-corrected chi connectivity index (χ1v) is 8.75. The molecule has 1 N–H and O–H groups in total. The molecule has 2 aromatic carbocycles. The van der Waals surface area contributed by atoms with Crippen molar-refractivity contribution < 1.29 is 22.8 Å². The van der Waals surface area contributed by atoms with Crippen LogP contribution in [0.1, 0.15) is 38.8 Å². The van der Waals surface area contributed by atoms with E-state index in [0.29, 0.717) is 5.69 Å². The lowest BCUT2D eigenvalue weighted by Gasteiger charge is -2.29. The van der Waals surface area contributed by atoms with Gasteiger partial charge in [0.25, 0.3) is 0 Å². The van der Waals surface area contributed by atoms with E-state index in [1.54, 1.807) is 12.1 Å². The predicted molar refractivity (Wildman–Crippen MR) is 103 cm³/mol. The summed E-state index contributed by atoms with van der Waals surface area (Å²) < 4.78 is 39.4. The summed E-state index contributed by atoms with van der Waals surface area (Å²) in [7, 11) is 0. The predicted octanol–water partition coefficient (Wildman–Crippen LogP) is 4.99. The minimum atomic E-state index is -4.59. The Kier molecular flexibility index (Phi) is 6.17. The van der Waals surface area contributed by atoms with Crippen molar-refractivity contribution >= 4 is 23.2 Å². The summed E-state index contributed by atoms with van der Waals surface area (Å²) in [6.07, 6.45) is -4.59. The van der Waals surface area contributed by atoms with Crippen molar-refractivity contribution in [2.24, 2.45) is 0 Å². The van der Waals surface area contributed by atoms with Gasteiger partial charge in [-0.1, -0.05) is 51.1 Å². The number of anilines is 2. The number of nitrogens with zero attached hydrogens (tertiary/aromatic N) is 1. The number of hydrogen-bond donors (Lipinski definition) is 1. The van der Waals surface area contributed by atoms with E-state index in [-0.39, 0.29) is 17.0 Å². The zero-order valence-electron chi connectivity index (χ0n) is 16.2. The van der Waals surface area contributed by atoms with Crippen LogP contribution < -0.4 is 10.2 Å². The minimum absolute atomic E-state index is 0.288. The van der Waals surface area contributed by atoms with Gasteiger partial charge in [-0.05, 0) is 29.2 Å². The third-order valence-electron chi connectivity index (χ3n) is 4.19. The van der Waals surface area contributed by atoms with Crippen LogP contribution in [0, 0.1) is 0 Å². The summed E-state index contributed by atoms with van der Waals surface area (Å²) in [6.45, 7) is 6.85. The van der Waals surface area contributed by atoms with E-state index in [1.165, 1.54) is 30.0 Å². The number of nitrogens with one attached hydrogen (secondary N) is 1. The first-order valence-electron chi connectivity index (χ1n) is 8.75. The van der Waals surface area contributed by atoms with Gasteiger partial charge in [0.2, 0.25) is 11.8 Å². The lowest BCUT2D eigenvalue weighted by molar-refractivity contribution is -0.137. The van der Waals surface area contributed by atoms with Crippen molar-refractivity contribution in [3.05, 3.63) is 59.7 Å². The van der Waals surface area contributed by atoms with Gasteiger partial charge in [0.15, 0.2) is 0 Å².